The number of hydrogen-bond donors (Lipinski definition) is 1. The van der Waals surface area contributed by atoms with Crippen LogP contribution in [0.5, 0.6) is 0 Å². The average Bonchev–Trinajstić information content (AvgIpc) is 2.55. The van der Waals surface area contributed by atoms with Crippen LogP contribution in [-0.4, -0.2) is 17.2 Å². The van der Waals surface area contributed by atoms with Gasteiger partial charge in [-0.15, -0.1) is 0 Å². The molecular weight excluding hydrogens is 274 g/mol. The van der Waals surface area contributed by atoms with E-state index in [1.54, 1.807) is 6.92 Å². The van der Waals surface area contributed by atoms with E-state index in [9.17, 15) is 9.59 Å². The molecule has 0 bridgehead atoms. The Labute approximate surface area is 132 Å². The van der Waals surface area contributed by atoms with Crippen LogP contribution in [0.25, 0.3) is 0 Å². The van der Waals surface area contributed by atoms with Crippen LogP contribution in [0.3, 0.4) is 0 Å². The molecule has 0 atom stereocenters. The Bertz CT molecular complexity index is 552. The third kappa shape index (κ3) is 2.37. The van der Waals surface area contributed by atoms with E-state index in [4.69, 9.17) is 0 Å². The van der Waals surface area contributed by atoms with Gasteiger partial charge >= 0.3 is 0 Å². The van der Waals surface area contributed by atoms with Crippen LogP contribution in [0.15, 0.2) is 30.3 Å². The van der Waals surface area contributed by atoms with Gasteiger partial charge in [0.2, 0.25) is 0 Å². The van der Waals surface area contributed by atoms with Crippen molar-refractivity contribution in [2.75, 3.05) is 0 Å². The maximum atomic E-state index is 12.7. The van der Waals surface area contributed by atoms with Gasteiger partial charge in [-0.05, 0) is 44.7 Å². The molecule has 22 heavy (non-hydrogen) atoms. The van der Waals surface area contributed by atoms with Gasteiger partial charge in [0.25, 0.3) is 5.91 Å². The summed E-state index contributed by atoms with van der Waals surface area (Å²) in [7, 11) is 0. The lowest BCUT2D eigenvalue weighted by Crippen LogP contribution is -2.65. The summed E-state index contributed by atoms with van der Waals surface area (Å²) in [5.41, 5.74) is 0.0152. The Morgan fingerprint density at radius 3 is 2.00 bits per heavy atom. The van der Waals surface area contributed by atoms with E-state index in [1.807, 2.05) is 30.3 Å². The van der Waals surface area contributed by atoms with Gasteiger partial charge in [-0.25, -0.2) is 0 Å². The predicted octanol–water partition coefficient (Wildman–Crippen LogP) is 3.88. The van der Waals surface area contributed by atoms with Crippen molar-refractivity contribution in [1.29, 1.82) is 0 Å². The summed E-state index contributed by atoms with van der Waals surface area (Å²) in [6.45, 7) is 1.72. The minimum atomic E-state index is -0.339. The van der Waals surface area contributed by atoms with E-state index in [0.29, 0.717) is 5.56 Å². The van der Waals surface area contributed by atoms with Gasteiger partial charge in [0.05, 0.1) is 11.0 Å². The lowest BCUT2D eigenvalue weighted by atomic mass is 9.53. The van der Waals surface area contributed by atoms with E-state index < -0.39 is 0 Å². The number of hydrogen-bond acceptors (Lipinski definition) is 2. The fourth-order valence-electron chi connectivity index (χ4n) is 4.73. The van der Waals surface area contributed by atoms with Crippen LogP contribution in [0, 0.1) is 5.41 Å². The van der Waals surface area contributed by atoms with Gasteiger partial charge in [0.15, 0.2) is 0 Å². The largest absolute Gasteiger partial charge is 0.346 e. The van der Waals surface area contributed by atoms with E-state index in [0.717, 1.165) is 51.4 Å². The summed E-state index contributed by atoms with van der Waals surface area (Å²) in [5.74, 6) is 0.232. The van der Waals surface area contributed by atoms with Crippen molar-refractivity contribution in [3.8, 4) is 0 Å². The molecule has 0 aliphatic heterocycles. The summed E-state index contributed by atoms with van der Waals surface area (Å²) in [6, 6.07) is 9.36. The molecule has 0 unspecified atom stereocenters. The zero-order valence-corrected chi connectivity index (χ0v) is 13.4. The number of nitrogens with one attached hydrogen (secondary N) is 1. The molecule has 0 spiro atoms. The molecule has 1 aromatic carbocycles. The number of fused-ring (bicyclic) bond motifs is 1. The van der Waals surface area contributed by atoms with Crippen molar-refractivity contribution in [3.05, 3.63) is 35.9 Å². The van der Waals surface area contributed by atoms with E-state index in [-0.39, 0.29) is 22.6 Å². The highest BCUT2D eigenvalue weighted by molar-refractivity contribution is 5.95. The van der Waals surface area contributed by atoms with Gasteiger partial charge in [0.1, 0.15) is 5.78 Å². The summed E-state index contributed by atoms with van der Waals surface area (Å²) in [4.78, 5) is 25.2. The molecule has 1 aromatic rings. The maximum absolute atomic E-state index is 12.7. The van der Waals surface area contributed by atoms with Gasteiger partial charge in [-0.1, -0.05) is 43.9 Å². The van der Waals surface area contributed by atoms with Crippen molar-refractivity contribution in [3.63, 3.8) is 0 Å². The van der Waals surface area contributed by atoms with Crippen LogP contribution in [0.1, 0.15) is 68.6 Å². The van der Waals surface area contributed by atoms with Crippen molar-refractivity contribution in [2.45, 2.75) is 63.8 Å². The lowest BCUT2D eigenvalue weighted by Gasteiger charge is -2.55. The Morgan fingerprint density at radius 2 is 1.45 bits per heavy atom. The van der Waals surface area contributed by atoms with E-state index in [1.165, 1.54) is 0 Å². The quantitative estimate of drug-likeness (QED) is 0.920. The summed E-state index contributed by atoms with van der Waals surface area (Å²) in [5, 5.41) is 3.31. The smallest absolute Gasteiger partial charge is 0.251 e. The fraction of sp³-hybridized carbons (Fsp3) is 0.579. The molecule has 3 rings (SSSR count). The second-order valence-corrected chi connectivity index (χ2v) is 6.95. The number of rotatable bonds is 3. The first-order valence-corrected chi connectivity index (χ1v) is 8.48. The Morgan fingerprint density at radius 1 is 0.909 bits per heavy atom. The molecule has 0 radical (unpaired) electrons. The molecule has 1 N–H and O–H groups in total. The van der Waals surface area contributed by atoms with Crippen molar-refractivity contribution >= 4 is 11.7 Å². The molecule has 0 saturated heterocycles. The van der Waals surface area contributed by atoms with Gasteiger partial charge in [-0.2, -0.15) is 0 Å². The monoisotopic (exact) mass is 299 g/mol. The molecular formula is C19H25NO2. The fourth-order valence-corrected chi connectivity index (χ4v) is 4.73. The first kappa shape index (κ1) is 15.3. The highest BCUT2D eigenvalue weighted by Gasteiger charge is 2.57. The van der Waals surface area contributed by atoms with Crippen LogP contribution in [0.2, 0.25) is 0 Å². The van der Waals surface area contributed by atoms with Crippen LogP contribution in [-0.2, 0) is 4.79 Å². The normalized spacial score (nSPS) is 31.1. The molecule has 3 nitrogen and oxygen atoms in total. The predicted molar refractivity (Wildman–Crippen MR) is 86.7 cm³/mol. The first-order valence-electron chi connectivity index (χ1n) is 8.48. The molecule has 2 fully saturated rings. The third-order valence-corrected chi connectivity index (χ3v) is 5.89. The molecule has 2 aliphatic carbocycles. The minimum absolute atomic E-state index is 0.0324. The first-order chi connectivity index (χ1) is 10.6. The van der Waals surface area contributed by atoms with Crippen molar-refractivity contribution in [1.82, 2.24) is 5.32 Å². The van der Waals surface area contributed by atoms with Gasteiger partial charge < -0.3 is 5.32 Å². The molecule has 1 amide bonds. The van der Waals surface area contributed by atoms with Crippen LogP contribution < -0.4 is 5.32 Å². The Hall–Kier alpha value is -1.64. The SMILES string of the molecule is CC(=O)C12CCCCC1(NC(=O)c1ccccc1)CCCC2. The van der Waals surface area contributed by atoms with Crippen molar-refractivity contribution < 1.29 is 9.59 Å². The van der Waals surface area contributed by atoms with E-state index >= 15 is 0 Å². The summed E-state index contributed by atoms with van der Waals surface area (Å²) >= 11 is 0. The molecule has 0 aromatic heterocycles. The standard InChI is InChI=1S/C19H25NO2/c1-15(21)18-11-5-7-13-19(18,14-8-6-12-18)20-17(22)16-9-3-2-4-10-16/h2-4,9-10H,5-8,11-14H2,1H3,(H,20,22). The van der Waals surface area contributed by atoms with Gasteiger partial charge in [0, 0.05) is 5.56 Å². The molecule has 3 heteroatoms. The highest BCUT2D eigenvalue weighted by Crippen LogP contribution is 2.53. The van der Waals surface area contributed by atoms with Crippen LogP contribution in [0.4, 0.5) is 0 Å². The number of carbonyl (C=O) groups excluding carboxylic acids is 2. The number of carbonyl (C=O) groups is 2. The summed E-state index contributed by atoms with van der Waals surface area (Å²) in [6.07, 6.45) is 8.13. The Kier molecular flexibility index (Phi) is 4.07. The second kappa shape index (κ2) is 5.86. The number of ketones is 1. The maximum Gasteiger partial charge on any atom is 0.251 e. The highest BCUT2D eigenvalue weighted by atomic mass is 16.2. The molecule has 0 heterocycles. The number of benzene rings is 1. The van der Waals surface area contributed by atoms with Gasteiger partial charge in [-0.3, -0.25) is 9.59 Å². The third-order valence-electron chi connectivity index (χ3n) is 5.89. The number of amides is 1. The minimum Gasteiger partial charge on any atom is -0.346 e. The summed E-state index contributed by atoms with van der Waals surface area (Å²) < 4.78 is 0. The molecule has 2 aliphatic rings. The zero-order valence-electron chi connectivity index (χ0n) is 13.4. The van der Waals surface area contributed by atoms with E-state index in [2.05, 4.69) is 5.32 Å². The average molecular weight is 299 g/mol. The molecule has 2 saturated carbocycles. The topological polar surface area (TPSA) is 46.2 Å². The number of Topliss-reactive ketones (excluding diaryl/α,β-unsaturated/α-hetero) is 1. The molecule has 118 valence electrons. The van der Waals surface area contributed by atoms with Crippen LogP contribution >= 0.6 is 0 Å². The Balaban J connectivity index is 1.93. The zero-order chi connectivity index (χ0) is 15.6. The second-order valence-electron chi connectivity index (χ2n) is 6.95. The van der Waals surface area contributed by atoms with Crippen molar-refractivity contribution in [2.24, 2.45) is 5.41 Å². The lowest BCUT2D eigenvalue weighted by molar-refractivity contribution is -0.138.